The summed E-state index contributed by atoms with van der Waals surface area (Å²) in [5.74, 6) is 0.271. The summed E-state index contributed by atoms with van der Waals surface area (Å²) in [7, 11) is 0.945. The number of halogens is 1. The smallest absolute Gasteiger partial charge is 0.139 e. The van der Waals surface area contributed by atoms with Crippen molar-refractivity contribution in [1.29, 1.82) is 0 Å². The maximum Gasteiger partial charge on any atom is 0.139 e. The number of likely N-dealkylation sites (N-methyl/N-ethyl adjacent to an activating group) is 1. The van der Waals surface area contributed by atoms with Gasteiger partial charge < -0.3 is 14.9 Å². The van der Waals surface area contributed by atoms with Crippen molar-refractivity contribution in [3.05, 3.63) is 22.2 Å². The van der Waals surface area contributed by atoms with Gasteiger partial charge in [0.15, 0.2) is 0 Å². The molecule has 5 nitrogen and oxygen atoms in total. The summed E-state index contributed by atoms with van der Waals surface area (Å²) in [4.78, 5) is 4.49. The average Bonchev–Trinajstić information content (AvgIpc) is 2.49. The van der Waals surface area contributed by atoms with E-state index >= 15 is 0 Å². The van der Waals surface area contributed by atoms with Gasteiger partial charge in [0.05, 0.1) is 21.4 Å². The van der Waals surface area contributed by atoms with E-state index in [1.807, 2.05) is 33.8 Å². The lowest BCUT2D eigenvalue weighted by Gasteiger charge is -2.34. The first kappa shape index (κ1) is 19.7. The molecule has 0 radical (unpaired) electrons. The number of hydrogen-bond donors (Lipinski definition) is 2. The molecule has 0 bridgehead atoms. The lowest BCUT2D eigenvalue weighted by molar-refractivity contribution is 0.311. The first-order valence-corrected chi connectivity index (χ1v) is 10.2. The second kappa shape index (κ2) is 7.72. The molecule has 1 heterocycles. The van der Waals surface area contributed by atoms with Crippen LogP contribution in [-0.4, -0.2) is 52.2 Å². The van der Waals surface area contributed by atoms with Crippen molar-refractivity contribution in [3.8, 4) is 5.75 Å². The van der Waals surface area contributed by atoms with Gasteiger partial charge in [-0.05, 0) is 52.4 Å². The van der Waals surface area contributed by atoms with Crippen molar-refractivity contribution in [1.82, 2.24) is 9.62 Å². The van der Waals surface area contributed by atoms with Crippen LogP contribution in [0.2, 0.25) is 0 Å². The van der Waals surface area contributed by atoms with Crippen LogP contribution in [0.15, 0.2) is 16.6 Å². The van der Waals surface area contributed by atoms with Gasteiger partial charge in [-0.1, -0.05) is 15.9 Å². The second-order valence-electron chi connectivity index (χ2n) is 7.37. The second-order valence-corrected chi connectivity index (χ2v) is 10.2. The average molecular weight is 418 g/mol. The standard InChI is InChI=1S/C17H28BrN3O2S/c1-12(19-24(23)17(2,3)4)13-10-16(22)15(11-14(13)18)21-8-6-20(5)7-9-21/h10-12,19,22H,6-9H2,1-5H3/t12-,24?/m1/s1. The summed E-state index contributed by atoms with van der Waals surface area (Å²) in [5.41, 5.74) is 1.76. The molecule has 0 aliphatic carbocycles. The van der Waals surface area contributed by atoms with Crippen molar-refractivity contribution in [2.24, 2.45) is 0 Å². The van der Waals surface area contributed by atoms with Crippen molar-refractivity contribution >= 4 is 32.6 Å². The van der Waals surface area contributed by atoms with Crippen LogP contribution < -0.4 is 9.62 Å². The number of phenolic OH excluding ortho intramolecular Hbond substituents is 1. The molecular weight excluding hydrogens is 390 g/mol. The molecule has 2 rings (SSSR count). The summed E-state index contributed by atoms with van der Waals surface area (Å²) < 4.78 is 16.0. The molecule has 1 aliphatic rings. The third-order valence-electron chi connectivity index (χ3n) is 4.24. The minimum Gasteiger partial charge on any atom is -0.506 e. The quantitative estimate of drug-likeness (QED) is 0.790. The van der Waals surface area contributed by atoms with E-state index < -0.39 is 11.0 Å². The van der Waals surface area contributed by atoms with Crippen molar-refractivity contribution in [3.63, 3.8) is 0 Å². The van der Waals surface area contributed by atoms with E-state index in [2.05, 4.69) is 37.5 Å². The van der Waals surface area contributed by atoms with Crippen LogP contribution in [0.3, 0.4) is 0 Å². The fourth-order valence-corrected chi connectivity index (χ4v) is 4.08. The molecule has 1 fully saturated rings. The molecule has 1 aliphatic heterocycles. The highest BCUT2D eigenvalue weighted by Gasteiger charge is 2.24. The first-order valence-electron chi connectivity index (χ1n) is 8.23. The monoisotopic (exact) mass is 417 g/mol. The molecule has 0 saturated carbocycles. The Labute approximate surface area is 156 Å². The predicted octanol–water partition coefficient (Wildman–Crippen LogP) is 3.02. The van der Waals surface area contributed by atoms with Gasteiger partial charge in [0.1, 0.15) is 5.75 Å². The lowest BCUT2D eigenvalue weighted by Crippen LogP contribution is -2.44. The normalized spacial score (nSPS) is 19.3. The number of anilines is 1. The number of benzene rings is 1. The first-order chi connectivity index (χ1) is 11.1. The van der Waals surface area contributed by atoms with Crippen LogP contribution >= 0.6 is 15.9 Å². The van der Waals surface area contributed by atoms with Crippen LogP contribution in [0.25, 0.3) is 0 Å². The SMILES string of the molecule is C[C@@H](NS(=O)C(C)(C)C)c1cc(O)c(N2CCN(C)CC2)cc1Br. The molecule has 1 unspecified atom stereocenters. The number of nitrogens with one attached hydrogen (secondary N) is 1. The number of nitrogens with zero attached hydrogens (tertiary/aromatic N) is 2. The Morgan fingerprint density at radius 2 is 1.83 bits per heavy atom. The van der Waals surface area contributed by atoms with E-state index in [-0.39, 0.29) is 16.5 Å². The predicted molar refractivity (Wildman–Crippen MR) is 105 cm³/mol. The molecule has 1 aromatic carbocycles. The summed E-state index contributed by atoms with van der Waals surface area (Å²) in [6.45, 7) is 11.5. The number of piperazine rings is 1. The largest absolute Gasteiger partial charge is 0.506 e. The van der Waals surface area contributed by atoms with E-state index in [9.17, 15) is 9.32 Å². The fraction of sp³-hybridized carbons (Fsp3) is 0.647. The zero-order valence-electron chi connectivity index (χ0n) is 15.1. The molecule has 2 atom stereocenters. The fourth-order valence-electron chi connectivity index (χ4n) is 2.60. The van der Waals surface area contributed by atoms with E-state index in [1.54, 1.807) is 6.07 Å². The summed E-state index contributed by atoms with van der Waals surface area (Å²) >= 11 is 3.61. The van der Waals surface area contributed by atoms with E-state index in [0.29, 0.717) is 0 Å². The van der Waals surface area contributed by atoms with E-state index in [4.69, 9.17) is 0 Å². The van der Waals surface area contributed by atoms with Crippen LogP contribution in [0.4, 0.5) is 5.69 Å². The van der Waals surface area contributed by atoms with Crippen LogP contribution in [0.5, 0.6) is 5.75 Å². The number of phenols is 1. The Bertz CT molecular complexity index is 611. The maximum absolute atomic E-state index is 12.3. The molecular formula is C17H28BrN3O2S. The van der Waals surface area contributed by atoms with Crippen LogP contribution in [-0.2, 0) is 11.0 Å². The van der Waals surface area contributed by atoms with Crippen molar-refractivity contribution in [2.75, 3.05) is 38.1 Å². The van der Waals surface area contributed by atoms with Gasteiger partial charge in [-0.25, -0.2) is 8.93 Å². The van der Waals surface area contributed by atoms with Gasteiger partial charge in [-0.3, -0.25) is 0 Å². The Balaban J connectivity index is 2.18. The highest BCUT2D eigenvalue weighted by atomic mass is 79.9. The molecule has 1 saturated heterocycles. The third kappa shape index (κ3) is 4.71. The van der Waals surface area contributed by atoms with Crippen molar-refractivity contribution in [2.45, 2.75) is 38.5 Å². The molecule has 1 aromatic rings. The summed E-state index contributed by atoms with van der Waals surface area (Å²) in [5, 5.41) is 10.5. The number of hydrogen-bond acceptors (Lipinski definition) is 4. The molecule has 0 spiro atoms. The van der Waals surface area contributed by atoms with Crippen LogP contribution in [0, 0.1) is 0 Å². The van der Waals surface area contributed by atoms with E-state index in [1.165, 1.54) is 0 Å². The minimum absolute atomic E-state index is 0.133. The lowest BCUT2D eigenvalue weighted by atomic mass is 10.1. The molecule has 136 valence electrons. The molecule has 0 amide bonds. The highest BCUT2D eigenvalue weighted by Crippen LogP contribution is 2.36. The van der Waals surface area contributed by atoms with Crippen LogP contribution in [0.1, 0.15) is 39.3 Å². The molecule has 24 heavy (non-hydrogen) atoms. The van der Waals surface area contributed by atoms with Gasteiger partial charge in [-0.2, -0.15) is 0 Å². The Morgan fingerprint density at radius 3 is 2.38 bits per heavy atom. The van der Waals surface area contributed by atoms with Crippen molar-refractivity contribution < 1.29 is 9.32 Å². The van der Waals surface area contributed by atoms with Gasteiger partial charge in [0, 0.05) is 36.7 Å². The maximum atomic E-state index is 12.3. The zero-order valence-corrected chi connectivity index (χ0v) is 17.5. The van der Waals surface area contributed by atoms with Gasteiger partial charge in [0.25, 0.3) is 0 Å². The Kier molecular flexibility index (Phi) is 6.34. The van der Waals surface area contributed by atoms with Gasteiger partial charge in [0.2, 0.25) is 0 Å². The third-order valence-corrected chi connectivity index (χ3v) is 6.61. The summed E-state index contributed by atoms with van der Waals surface area (Å²) in [6, 6.07) is 3.61. The zero-order chi connectivity index (χ0) is 18.1. The van der Waals surface area contributed by atoms with Gasteiger partial charge in [-0.15, -0.1) is 0 Å². The topological polar surface area (TPSA) is 55.8 Å². The number of aromatic hydroxyl groups is 1. The number of rotatable bonds is 4. The Morgan fingerprint density at radius 1 is 1.25 bits per heavy atom. The molecule has 0 aromatic heterocycles. The van der Waals surface area contributed by atoms with Gasteiger partial charge >= 0.3 is 0 Å². The minimum atomic E-state index is -1.16. The Hall–Kier alpha value is -0.630. The van der Waals surface area contributed by atoms with E-state index in [0.717, 1.165) is 41.9 Å². The molecule has 7 heteroatoms. The highest BCUT2D eigenvalue weighted by molar-refractivity contribution is 9.10. The molecule has 2 N–H and O–H groups in total. The summed E-state index contributed by atoms with van der Waals surface area (Å²) in [6.07, 6.45) is 0.